The molecule has 1 aliphatic heterocycles. The lowest BCUT2D eigenvalue weighted by molar-refractivity contribution is -0.137. The lowest BCUT2D eigenvalue weighted by Gasteiger charge is -2.23. The van der Waals surface area contributed by atoms with Gasteiger partial charge in [-0.15, -0.1) is 0 Å². The normalized spacial score (nSPS) is 22.1. The van der Waals surface area contributed by atoms with E-state index in [1.54, 1.807) is 12.1 Å². The molecule has 1 atom stereocenters. The second-order valence-corrected chi connectivity index (χ2v) is 4.85. The Hall–Kier alpha value is -0.680. The van der Waals surface area contributed by atoms with Crippen molar-refractivity contribution in [3.05, 3.63) is 35.4 Å². The van der Waals surface area contributed by atoms with E-state index >= 15 is 0 Å². The van der Waals surface area contributed by atoms with Gasteiger partial charge in [0.25, 0.3) is 0 Å². The van der Waals surface area contributed by atoms with Gasteiger partial charge in [-0.05, 0) is 17.7 Å². The molecule has 0 bridgehead atoms. The molecule has 1 aromatic rings. The largest absolute Gasteiger partial charge is 0.416 e. The fraction of sp³-hybridized carbons (Fsp3) is 0.455. The average molecular weight is 247 g/mol. The molecule has 1 heterocycles. The molecule has 0 aromatic heterocycles. The maximum absolute atomic E-state index is 12.3. The molecule has 0 aliphatic carbocycles. The number of thioether (sulfide) groups is 1. The number of hydrogen-bond acceptors (Lipinski definition) is 2. The van der Waals surface area contributed by atoms with Crippen molar-refractivity contribution in [2.75, 3.05) is 18.1 Å². The summed E-state index contributed by atoms with van der Waals surface area (Å²) in [7, 11) is 0. The highest BCUT2D eigenvalue weighted by molar-refractivity contribution is 7.99. The van der Waals surface area contributed by atoms with Gasteiger partial charge in [-0.25, -0.2) is 0 Å². The number of alkyl halides is 3. The smallest absolute Gasteiger partial charge is 0.308 e. The standard InChI is InChI=1S/C11H12F3NS/c12-11(13,14)9-3-1-8(2-4-9)10-7-16-6-5-15-10/h1-4,10,15H,5-7H2/t10-/m1/s1. The van der Waals surface area contributed by atoms with Gasteiger partial charge in [0.2, 0.25) is 0 Å². The van der Waals surface area contributed by atoms with Crippen LogP contribution in [0.3, 0.4) is 0 Å². The molecule has 0 unspecified atom stereocenters. The van der Waals surface area contributed by atoms with Crippen molar-refractivity contribution >= 4 is 11.8 Å². The summed E-state index contributed by atoms with van der Waals surface area (Å²) in [6, 6.07) is 5.60. The lowest BCUT2D eigenvalue weighted by atomic mass is 10.1. The lowest BCUT2D eigenvalue weighted by Crippen LogP contribution is -2.30. The molecule has 0 radical (unpaired) electrons. The monoisotopic (exact) mass is 247 g/mol. The molecule has 16 heavy (non-hydrogen) atoms. The fourth-order valence-electron chi connectivity index (χ4n) is 1.68. The third-order valence-corrected chi connectivity index (χ3v) is 3.62. The molecule has 1 saturated heterocycles. The zero-order valence-corrected chi connectivity index (χ0v) is 9.37. The molecule has 1 nitrogen and oxygen atoms in total. The molecule has 1 N–H and O–H groups in total. The van der Waals surface area contributed by atoms with Crippen molar-refractivity contribution in [3.63, 3.8) is 0 Å². The Bertz CT molecular complexity index is 341. The highest BCUT2D eigenvalue weighted by atomic mass is 32.2. The zero-order chi connectivity index (χ0) is 11.6. The quantitative estimate of drug-likeness (QED) is 0.818. The minimum Gasteiger partial charge on any atom is -0.308 e. The maximum Gasteiger partial charge on any atom is 0.416 e. The Labute approximate surface area is 96.4 Å². The number of hydrogen-bond donors (Lipinski definition) is 1. The van der Waals surface area contributed by atoms with Crippen molar-refractivity contribution in [1.29, 1.82) is 0 Å². The van der Waals surface area contributed by atoms with Crippen LogP contribution < -0.4 is 5.32 Å². The predicted octanol–water partition coefficient (Wildman–Crippen LogP) is 3.08. The van der Waals surface area contributed by atoms with Crippen molar-refractivity contribution in [2.24, 2.45) is 0 Å². The minimum absolute atomic E-state index is 0.182. The van der Waals surface area contributed by atoms with Crippen LogP contribution in [0, 0.1) is 0 Å². The summed E-state index contributed by atoms with van der Waals surface area (Å²) >= 11 is 1.82. The molecule has 2 rings (SSSR count). The summed E-state index contributed by atoms with van der Waals surface area (Å²) in [6.07, 6.45) is -4.24. The Balaban J connectivity index is 2.12. The number of rotatable bonds is 1. The summed E-state index contributed by atoms with van der Waals surface area (Å²) in [5.41, 5.74) is 0.347. The van der Waals surface area contributed by atoms with Crippen LogP contribution in [0.2, 0.25) is 0 Å². The number of halogens is 3. The van der Waals surface area contributed by atoms with Crippen LogP contribution in [0.1, 0.15) is 17.2 Å². The third-order valence-electron chi connectivity index (χ3n) is 2.56. The zero-order valence-electron chi connectivity index (χ0n) is 8.55. The second-order valence-electron chi connectivity index (χ2n) is 3.70. The second kappa shape index (κ2) is 4.67. The van der Waals surface area contributed by atoms with Gasteiger partial charge in [-0.2, -0.15) is 24.9 Å². The molecule has 5 heteroatoms. The van der Waals surface area contributed by atoms with Gasteiger partial charge in [-0.1, -0.05) is 12.1 Å². The molecule has 1 aliphatic rings. The van der Waals surface area contributed by atoms with E-state index in [4.69, 9.17) is 0 Å². The molecular formula is C11H12F3NS. The molecule has 88 valence electrons. The molecule has 0 amide bonds. The summed E-state index contributed by atoms with van der Waals surface area (Å²) in [5, 5.41) is 3.29. The van der Waals surface area contributed by atoms with E-state index in [1.165, 1.54) is 0 Å². The van der Waals surface area contributed by atoms with Crippen LogP contribution in [0.25, 0.3) is 0 Å². The molecule has 0 spiro atoms. The van der Waals surface area contributed by atoms with Crippen molar-refractivity contribution < 1.29 is 13.2 Å². The number of nitrogens with one attached hydrogen (secondary N) is 1. The van der Waals surface area contributed by atoms with E-state index in [-0.39, 0.29) is 6.04 Å². The number of benzene rings is 1. The highest BCUT2D eigenvalue weighted by Gasteiger charge is 2.30. The van der Waals surface area contributed by atoms with Gasteiger partial charge in [0.15, 0.2) is 0 Å². The van der Waals surface area contributed by atoms with Gasteiger partial charge >= 0.3 is 6.18 Å². The van der Waals surface area contributed by atoms with E-state index in [0.717, 1.165) is 35.7 Å². The molecule has 1 aromatic carbocycles. The van der Waals surface area contributed by atoms with Crippen LogP contribution in [-0.4, -0.2) is 18.1 Å². The first-order chi connectivity index (χ1) is 7.57. The van der Waals surface area contributed by atoms with Gasteiger partial charge in [0.05, 0.1) is 5.56 Å². The molecule has 0 saturated carbocycles. The van der Waals surface area contributed by atoms with Crippen molar-refractivity contribution in [3.8, 4) is 0 Å². The highest BCUT2D eigenvalue weighted by Crippen LogP contribution is 2.30. The summed E-state index contributed by atoms with van der Waals surface area (Å²) in [4.78, 5) is 0. The predicted molar refractivity (Wildman–Crippen MR) is 59.5 cm³/mol. The summed E-state index contributed by atoms with van der Waals surface area (Å²) < 4.78 is 37.0. The van der Waals surface area contributed by atoms with Crippen molar-refractivity contribution in [1.82, 2.24) is 5.32 Å². The Morgan fingerprint density at radius 3 is 2.38 bits per heavy atom. The minimum atomic E-state index is -4.24. The van der Waals surface area contributed by atoms with E-state index in [0.29, 0.717) is 0 Å². The third kappa shape index (κ3) is 2.71. The SMILES string of the molecule is FC(F)(F)c1ccc([C@H]2CSCCN2)cc1. The van der Waals surface area contributed by atoms with Crippen LogP contribution in [0.15, 0.2) is 24.3 Å². The first kappa shape index (κ1) is 11.8. The Kier molecular flexibility index (Phi) is 3.44. The Morgan fingerprint density at radius 2 is 1.88 bits per heavy atom. The topological polar surface area (TPSA) is 12.0 Å². The summed E-state index contributed by atoms with van der Waals surface area (Å²) in [6.45, 7) is 0.913. The van der Waals surface area contributed by atoms with E-state index in [9.17, 15) is 13.2 Å². The maximum atomic E-state index is 12.3. The van der Waals surface area contributed by atoms with Crippen LogP contribution in [0.4, 0.5) is 13.2 Å². The van der Waals surface area contributed by atoms with Crippen LogP contribution in [0.5, 0.6) is 0 Å². The van der Waals surface area contributed by atoms with Crippen molar-refractivity contribution in [2.45, 2.75) is 12.2 Å². The van der Waals surface area contributed by atoms with E-state index in [2.05, 4.69) is 5.32 Å². The fourth-order valence-corrected chi connectivity index (χ4v) is 2.66. The van der Waals surface area contributed by atoms with E-state index < -0.39 is 11.7 Å². The first-order valence-corrected chi connectivity index (χ1v) is 6.21. The van der Waals surface area contributed by atoms with Gasteiger partial charge in [-0.3, -0.25) is 0 Å². The van der Waals surface area contributed by atoms with Crippen LogP contribution >= 0.6 is 11.8 Å². The summed E-state index contributed by atoms with van der Waals surface area (Å²) in [5.74, 6) is 1.99. The molecule has 1 fully saturated rings. The van der Waals surface area contributed by atoms with Gasteiger partial charge in [0.1, 0.15) is 0 Å². The Morgan fingerprint density at radius 1 is 1.19 bits per heavy atom. The van der Waals surface area contributed by atoms with Crippen LogP contribution in [-0.2, 0) is 6.18 Å². The van der Waals surface area contributed by atoms with Gasteiger partial charge < -0.3 is 5.32 Å². The van der Waals surface area contributed by atoms with E-state index in [1.807, 2.05) is 11.8 Å². The average Bonchev–Trinajstić information content (AvgIpc) is 2.29. The molecular weight excluding hydrogens is 235 g/mol. The van der Waals surface area contributed by atoms with Gasteiger partial charge in [0, 0.05) is 24.1 Å². The first-order valence-electron chi connectivity index (χ1n) is 5.05.